The van der Waals surface area contributed by atoms with Crippen molar-refractivity contribution < 1.29 is 0 Å². The van der Waals surface area contributed by atoms with E-state index in [0.29, 0.717) is 6.04 Å². The van der Waals surface area contributed by atoms with Gasteiger partial charge in [-0.1, -0.05) is 13.8 Å². The minimum atomic E-state index is 0.430. The summed E-state index contributed by atoms with van der Waals surface area (Å²) in [6.45, 7) is 5.37. The standard InChI is InChI=1S/C11H21N3S/c1-4-8-15-9-10(12-5-2)11-6-7-13-14(11)3/h6-7,10,12H,4-5,8-9H2,1-3H3. The lowest BCUT2D eigenvalue weighted by Gasteiger charge is -2.17. The van der Waals surface area contributed by atoms with Crippen LogP contribution in [-0.4, -0.2) is 27.8 Å². The smallest absolute Gasteiger partial charge is 0.0583 e. The van der Waals surface area contributed by atoms with E-state index in [1.807, 2.05) is 29.7 Å². The topological polar surface area (TPSA) is 29.9 Å². The van der Waals surface area contributed by atoms with Crippen molar-refractivity contribution in [3.05, 3.63) is 18.0 Å². The SMILES string of the molecule is CCCSCC(NCC)c1ccnn1C. The number of rotatable bonds is 7. The molecule has 1 rings (SSSR count). The van der Waals surface area contributed by atoms with Crippen LogP contribution < -0.4 is 5.32 Å². The van der Waals surface area contributed by atoms with Crippen LogP contribution in [0.15, 0.2) is 12.3 Å². The molecule has 1 aromatic rings. The van der Waals surface area contributed by atoms with Crippen LogP contribution in [0.4, 0.5) is 0 Å². The van der Waals surface area contributed by atoms with Gasteiger partial charge in [0.15, 0.2) is 0 Å². The van der Waals surface area contributed by atoms with E-state index in [0.717, 1.165) is 12.3 Å². The first kappa shape index (κ1) is 12.6. The van der Waals surface area contributed by atoms with E-state index in [4.69, 9.17) is 0 Å². The van der Waals surface area contributed by atoms with Gasteiger partial charge in [0.1, 0.15) is 0 Å². The van der Waals surface area contributed by atoms with E-state index in [2.05, 4.69) is 30.3 Å². The molecule has 0 saturated carbocycles. The van der Waals surface area contributed by atoms with Gasteiger partial charge < -0.3 is 5.32 Å². The monoisotopic (exact) mass is 227 g/mol. The highest BCUT2D eigenvalue weighted by Gasteiger charge is 2.13. The maximum absolute atomic E-state index is 4.22. The largest absolute Gasteiger partial charge is 0.308 e. The first-order chi connectivity index (χ1) is 7.29. The van der Waals surface area contributed by atoms with Gasteiger partial charge in [0.2, 0.25) is 0 Å². The molecule has 1 atom stereocenters. The third kappa shape index (κ3) is 3.87. The fourth-order valence-corrected chi connectivity index (χ4v) is 2.55. The zero-order chi connectivity index (χ0) is 11.1. The van der Waals surface area contributed by atoms with Crippen molar-refractivity contribution >= 4 is 11.8 Å². The molecular weight excluding hydrogens is 206 g/mol. The molecule has 0 aliphatic carbocycles. The second-order valence-corrected chi connectivity index (χ2v) is 4.71. The van der Waals surface area contributed by atoms with Crippen molar-refractivity contribution in [2.45, 2.75) is 26.3 Å². The molecule has 0 amide bonds. The molecule has 1 aromatic heterocycles. The first-order valence-corrected chi connectivity index (χ1v) is 6.74. The molecule has 0 spiro atoms. The third-order valence-corrected chi connectivity index (χ3v) is 3.57. The van der Waals surface area contributed by atoms with Gasteiger partial charge in [0, 0.05) is 19.0 Å². The summed E-state index contributed by atoms with van der Waals surface area (Å²) in [6, 6.07) is 2.53. The van der Waals surface area contributed by atoms with Crippen LogP contribution >= 0.6 is 11.8 Å². The molecule has 0 fully saturated rings. The van der Waals surface area contributed by atoms with Crippen molar-refractivity contribution in [3.8, 4) is 0 Å². The minimum absolute atomic E-state index is 0.430. The molecule has 0 saturated heterocycles. The fraction of sp³-hybridized carbons (Fsp3) is 0.727. The van der Waals surface area contributed by atoms with Crippen LogP contribution in [0.5, 0.6) is 0 Å². The maximum atomic E-state index is 4.22. The maximum Gasteiger partial charge on any atom is 0.0583 e. The molecule has 0 aromatic carbocycles. The highest BCUT2D eigenvalue weighted by Crippen LogP contribution is 2.17. The molecule has 3 nitrogen and oxygen atoms in total. The molecule has 1 heterocycles. The van der Waals surface area contributed by atoms with Gasteiger partial charge in [0.25, 0.3) is 0 Å². The molecule has 86 valence electrons. The molecule has 0 radical (unpaired) electrons. The minimum Gasteiger partial charge on any atom is -0.308 e. The summed E-state index contributed by atoms with van der Waals surface area (Å²) < 4.78 is 1.96. The molecule has 0 aliphatic heterocycles. The van der Waals surface area contributed by atoms with E-state index >= 15 is 0 Å². The molecule has 1 unspecified atom stereocenters. The van der Waals surface area contributed by atoms with E-state index < -0.39 is 0 Å². The lowest BCUT2D eigenvalue weighted by molar-refractivity contribution is 0.552. The van der Waals surface area contributed by atoms with Crippen LogP contribution in [0.2, 0.25) is 0 Å². The number of thioether (sulfide) groups is 1. The fourth-order valence-electron chi connectivity index (χ4n) is 1.57. The van der Waals surface area contributed by atoms with Crippen LogP contribution in [0.1, 0.15) is 32.0 Å². The number of aromatic nitrogens is 2. The average molecular weight is 227 g/mol. The Labute approximate surface area is 96.6 Å². The van der Waals surface area contributed by atoms with Gasteiger partial charge in [-0.3, -0.25) is 4.68 Å². The Kier molecular flexibility index (Phi) is 5.79. The zero-order valence-corrected chi connectivity index (χ0v) is 10.7. The van der Waals surface area contributed by atoms with Gasteiger partial charge in [0.05, 0.1) is 11.7 Å². The van der Waals surface area contributed by atoms with E-state index in [1.165, 1.54) is 17.9 Å². The van der Waals surface area contributed by atoms with Gasteiger partial charge >= 0.3 is 0 Å². The number of aryl methyl sites for hydroxylation is 1. The summed E-state index contributed by atoms with van der Waals surface area (Å²) in [6.07, 6.45) is 3.11. The summed E-state index contributed by atoms with van der Waals surface area (Å²) in [7, 11) is 2.00. The summed E-state index contributed by atoms with van der Waals surface area (Å²) in [5, 5.41) is 7.72. The number of nitrogens with zero attached hydrogens (tertiary/aromatic N) is 2. The van der Waals surface area contributed by atoms with Gasteiger partial charge in [-0.15, -0.1) is 0 Å². The molecule has 0 bridgehead atoms. The van der Waals surface area contributed by atoms with E-state index in [9.17, 15) is 0 Å². The lowest BCUT2D eigenvalue weighted by atomic mass is 10.2. The number of hydrogen-bond acceptors (Lipinski definition) is 3. The van der Waals surface area contributed by atoms with Crippen LogP contribution in [0.3, 0.4) is 0 Å². The molecule has 15 heavy (non-hydrogen) atoms. The lowest BCUT2D eigenvalue weighted by Crippen LogP contribution is -2.25. The zero-order valence-electron chi connectivity index (χ0n) is 9.86. The molecule has 4 heteroatoms. The Balaban J connectivity index is 2.53. The molecule has 1 N–H and O–H groups in total. The van der Waals surface area contributed by atoms with Crippen molar-refractivity contribution in [3.63, 3.8) is 0 Å². The number of hydrogen-bond donors (Lipinski definition) is 1. The Morgan fingerprint density at radius 2 is 2.33 bits per heavy atom. The third-order valence-electron chi connectivity index (χ3n) is 2.30. The Bertz CT molecular complexity index is 273. The highest BCUT2D eigenvalue weighted by atomic mass is 32.2. The molecule has 0 aliphatic rings. The van der Waals surface area contributed by atoms with Gasteiger partial charge in [-0.25, -0.2) is 0 Å². The highest BCUT2D eigenvalue weighted by molar-refractivity contribution is 7.99. The quantitative estimate of drug-likeness (QED) is 0.724. The second kappa shape index (κ2) is 6.90. The van der Waals surface area contributed by atoms with E-state index in [-0.39, 0.29) is 0 Å². The Hall–Kier alpha value is -0.480. The summed E-state index contributed by atoms with van der Waals surface area (Å²) in [5.74, 6) is 2.36. The Morgan fingerprint density at radius 3 is 2.87 bits per heavy atom. The summed E-state index contributed by atoms with van der Waals surface area (Å²) >= 11 is 2.00. The van der Waals surface area contributed by atoms with Crippen molar-refractivity contribution in [1.29, 1.82) is 0 Å². The van der Waals surface area contributed by atoms with Crippen molar-refractivity contribution in [2.75, 3.05) is 18.1 Å². The van der Waals surface area contributed by atoms with Gasteiger partial charge in [-0.2, -0.15) is 16.9 Å². The Morgan fingerprint density at radius 1 is 1.53 bits per heavy atom. The van der Waals surface area contributed by atoms with Gasteiger partial charge in [-0.05, 0) is 24.8 Å². The predicted octanol–water partition coefficient (Wildman–Crippen LogP) is 2.21. The van der Waals surface area contributed by atoms with Crippen LogP contribution in [0, 0.1) is 0 Å². The number of nitrogens with one attached hydrogen (secondary N) is 1. The van der Waals surface area contributed by atoms with Crippen molar-refractivity contribution in [2.24, 2.45) is 7.05 Å². The molecular formula is C11H21N3S. The first-order valence-electron chi connectivity index (χ1n) is 5.58. The summed E-state index contributed by atoms with van der Waals surface area (Å²) in [5.41, 5.74) is 1.28. The van der Waals surface area contributed by atoms with Crippen LogP contribution in [0.25, 0.3) is 0 Å². The second-order valence-electron chi connectivity index (χ2n) is 3.56. The summed E-state index contributed by atoms with van der Waals surface area (Å²) in [4.78, 5) is 0. The van der Waals surface area contributed by atoms with Crippen LogP contribution in [-0.2, 0) is 7.05 Å². The predicted molar refractivity (Wildman–Crippen MR) is 67.2 cm³/mol. The van der Waals surface area contributed by atoms with E-state index in [1.54, 1.807) is 0 Å². The normalized spacial score (nSPS) is 13.0. The van der Waals surface area contributed by atoms with Crippen molar-refractivity contribution in [1.82, 2.24) is 15.1 Å². The average Bonchev–Trinajstić information content (AvgIpc) is 2.64.